The highest BCUT2D eigenvalue weighted by molar-refractivity contribution is 7.89. The van der Waals surface area contributed by atoms with Crippen LogP contribution in [0.4, 0.5) is 0 Å². The fraction of sp³-hybridized carbons (Fsp3) is 0.250. The number of rotatable bonds is 6. The topological polar surface area (TPSA) is 92.7 Å². The van der Waals surface area contributed by atoms with Crippen LogP contribution in [0, 0.1) is 12.3 Å². The summed E-state index contributed by atoms with van der Waals surface area (Å²) in [5, 5.41) is 8.98. The number of carbonyl (C=O) groups is 1. The molecule has 0 fully saturated rings. The molecule has 108 valence electrons. The number of aliphatic carboxylic acids is 1. The first-order valence-corrected chi connectivity index (χ1v) is 7.20. The Bertz CT molecular complexity index is 650. The van der Waals surface area contributed by atoms with Crippen molar-refractivity contribution in [2.45, 2.75) is 17.4 Å². The summed E-state index contributed by atoms with van der Waals surface area (Å²) < 4.78 is 31.0. The molecule has 0 saturated carbocycles. The summed E-state index contributed by atoms with van der Waals surface area (Å²) in [6.45, 7) is 0. The van der Waals surface area contributed by atoms with Crippen molar-refractivity contribution in [3.05, 3.63) is 23.2 Å². The standard InChI is InChI=1S/C12H12ClNO5S/c1-3-4-10(12(15)16)14-20(17,18)8-5-6-11(19-2)9(13)7-8/h1,5-7,10,14H,4H2,2H3,(H,15,16). The van der Waals surface area contributed by atoms with Crippen molar-refractivity contribution in [3.63, 3.8) is 0 Å². The number of halogens is 1. The highest BCUT2D eigenvalue weighted by Gasteiger charge is 2.25. The van der Waals surface area contributed by atoms with Crippen LogP contribution in [0.1, 0.15) is 6.42 Å². The van der Waals surface area contributed by atoms with Crippen LogP contribution in [-0.4, -0.2) is 32.6 Å². The first-order chi connectivity index (χ1) is 9.31. The number of hydrogen-bond acceptors (Lipinski definition) is 4. The number of ether oxygens (including phenoxy) is 1. The van der Waals surface area contributed by atoms with Crippen molar-refractivity contribution in [3.8, 4) is 18.1 Å². The van der Waals surface area contributed by atoms with E-state index in [0.717, 1.165) is 6.07 Å². The lowest BCUT2D eigenvalue weighted by Crippen LogP contribution is -2.40. The summed E-state index contributed by atoms with van der Waals surface area (Å²) in [5.74, 6) is 1.05. The van der Waals surface area contributed by atoms with Gasteiger partial charge in [-0.1, -0.05) is 11.6 Å². The van der Waals surface area contributed by atoms with Gasteiger partial charge in [0.05, 0.1) is 17.0 Å². The molecule has 1 aromatic carbocycles. The largest absolute Gasteiger partial charge is 0.495 e. The van der Waals surface area contributed by atoms with E-state index >= 15 is 0 Å². The summed E-state index contributed by atoms with van der Waals surface area (Å²) >= 11 is 5.83. The first kappa shape index (κ1) is 16.3. The van der Waals surface area contributed by atoms with E-state index in [0.29, 0.717) is 5.75 Å². The van der Waals surface area contributed by atoms with E-state index in [1.54, 1.807) is 0 Å². The van der Waals surface area contributed by atoms with Crippen LogP contribution in [0.3, 0.4) is 0 Å². The summed E-state index contributed by atoms with van der Waals surface area (Å²) in [7, 11) is -2.65. The van der Waals surface area contributed by atoms with E-state index in [-0.39, 0.29) is 16.3 Å². The van der Waals surface area contributed by atoms with Gasteiger partial charge in [-0.25, -0.2) is 8.42 Å². The molecule has 1 rings (SSSR count). The van der Waals surface area contributed by atoms with E-state index < -0.39 is 22.0 Å². The molecule has 0 aliphatic carbocycles. The Balaban J connectivity index is 3.08. The van der Waals surface area contributed by atoms with E-state index in [2.05, 4.69) is 5.92 Å². The lowest BCUT2D eigenvalue weighted by molar-refractivity contribution is -0.138. The average molecular weight is 318 g/mol. The van der Waals surface area contributed by atoms with Gasteiger partial charge in [-0.15, -0.1) is 12.3 Å². The number of benzene rings is 1. The average Bonchev–Trinajstić information content (AvgIpc) is 2.37. The minimum atomic E-state index is -4.04. The third-order valence-electron chi connectivity index (χ3n) is 2.35. The molecule has 0 aliphatic rings. The molecule has 2 N–H and O–H groups in total. The SMILES string of the molecule is C#CCC(NS(=O)(=O)c1ccc(OC)c(Cl)c1)C(=O)O. The molecule has 0 saturated heterocycles. The Morgan fingerprint density at radius 2 is 2.25 bits per heavy atom. The fourth-order valence-electron chi connectivity index (χ4n) is 1.37. The number of hydrogen-bond donors (Lipinski definition) is 2. The quantitative estimate of drug-likeness (QED) is 0.767. The number of terminal acetylenes is 1. The molecule has 0 amide bonds. The molecule has 0 radical (unpaired) electrons. The van der Waals surface area contributed by atoms with Gasteiger partial charge < -0.3 is 9.84 Å². The minimum absolute atomic E-state index is 0.0965. The Labute approximate surface area is 121 Å². The van der Waals surface area contributed by atoms with E-state index in [9.17, 15) is 13.2 Å². The van der Waals surface area contributed by atoms with Crippen LogP contribution < -0.4 is 9.46 Å². The van der Waals surface area contributed by atoms with Crippen LogP contribution in [0.2, 0.25) is 5.02 Å². The molecule has 20 heavy (non-hydrogen) atoms. The highest BCUT2D eigenvalue weighted by atomic mass is 35.5. The van der Waals surface area contributed by atoms with Gasteiger partial charge in [0.2, 0.25) is 10.0 Å². The van der Waals surface area contributed by atoms with Crippen LogP contribution in [0.15, 0.2) is 23.1 Å². The number of methoxy groups -OCH3 is 1. The summed E-state index contributed by atoms with van der Waals surface area (Å²) in [6.07, 6.45) is 4.74. The second kappa shape index (κ2) is 6.61. The molecule has 0 spiro atoms. The normalized spacial score (nSPS) is 12.4. The van der Waals surface area contributed by atoms with Gasteiger partial charge in [0.1, 0.15) is 11.8 Å². The second-order valence-electron chi connectivity index (χ2n) is 3.72. The molecule has 0 aromatic heterocycles. The third kappa shape index (κ3) is 3.87. The van der Waals surface area contributed by atoms with E-state index in [1.165, 1.54) is 19.2 Å². The Kier molecular flexibility index (Phi) is 5.39. The zero-order chi connectivity index (χ0) is 15.3. The van der Waals surface area contributed by atoms with Gasteiger partial charge in [0.25, 0.3) is 0 Å². The van der Waals surface area contributed by atoms with Crippen molar-refractivity contribution in [2.24, 2.45) is 0 Å². The number of carboxylic acid groups (broad SMARTS) is 1. The lowest BCUT2D eigenvalue weighted by atomic mass is 10.2. The number of carboxylic acids is 1. The highest BCUT2D eigenvalue weighted by Crippen LogP contribution is 2.26. The van der Waals surface area contributed by atoms with Crippen molar-refractivity contribution < 1.29 is 23.1 Å². The molecular formula is C12H12ClNO5S. The Morgan fingerprint density at radius 3 is 2.70 bits per heavy atom. The van der Waals surface area contributed by atoms with Gasteiger partial charge in [-0.2, -0.15) is 4.72 Å². The van der Waals surface area contributed by atoms with Gasteiger partial charge >= 0.3 is 5.97 Å². The molecule has 1 aromatic rings. The fourth-order valence-corrected chi connectivity index (χ4v) is 2.90. The lowest BCUT2D eigenvalue weighted by Gasteiger charge is -2.13. The first-order valence-electron chi connectivity index (χ1n) is 5.34. The van der Waals surface area contributed by atoms with Crippen LogP contribution in [0.25, 0.3) is 0 Å². The van der Waals surface area contributed by atoms with Crippen LogP contribution >= 0.6 is 11.6 Å². The van der Waals surface area contributed by atoms with Gasteiger partial charge in [-0.3, -0.25) is 4.79 Å². The molecule has 8 heteroatoms. The van der Waals surface area contributed by atoms with Gasteiger partial charge in [0.15, 0.2) is 0 Å². The van der Waals surface area contributed by atoms with Crippen molar-refractivity contribution in [1.82, 2.24) is 4.72 Å². The number of nitrogens with one attached hydrogen (secondary N) is 1. The molecule has 0 bridgehead atoms. The van der Waals surface area contributed by atoms with Crippen molar-refractivity contribution >= 4 is 27.6 Å². The maximum Gasteiger partial charge on any atom is 0.322 e. The minimum Gasteiger partial charge on any atom is -0.495 e. The van der Waals surface area contributed by atoms with E-state index in [4.69, 9.17) is 27.9 Å². The second-order valence-corrected chi connectivity index (χ2v) is 5.84. The van der Waals surface area contributed by atoms with Crippen LogP contribution in [-0.2, 0) is 14.8 Å². The summed E-state index contributed by atoms with van der Waals surface area (Å²) in [4.78, 5) is 10.7. The predicted molar refractivity (Wildman–Crippen MR) is 73.2 cm³/mol. The summed E-state index contributed by atoms with van der Waals surface area (Å²) in [6, 6.07) is 2.39. The van der Waals surface area contributed by atoms with E-state index in [1.807, 2.05) is 4.72 Å². The molecule has 0 heterocycles. The van der Waals surface area contributed by atoms with Crippen LogP contribution in [0.5, 0.6) is 5.75 Å². The zero-order valence-electron chi connectivity index (χ0n) is 10.5. The van der Waals surface area contributed by atoms with Gasteiger partial charge in [-0.05, 0) is 18.2 Å². The molecule has 0 aliphatic heterocycles. The smallest absolute Gasteiger partial charge is 0.322 e. The van der Waals surface area contributed by atoms with Crippen molar-refractivity contribution in [2.75, 3.05) is 7.11 Å². The predicted octanol–water partition coefficient (Wildman–Crippen LogP) is 1.10. The Hall–Kier alpha value is -1.75. The van der Waals surface area contributed by atoms with Gasteiger partial charge in [0, 0.05) is 6.42 Å². The maximum atomic E-state index is 12.0. The molecule has 1 unspecified atom stereocenters. The zero-order valence-corrected chi connectivity index (χ0v) is 12.0. The van der Waals surface area contributed by atoms with Crippen molar-refractivity contribution in [1.29, 1.82) is 0 Å². The maximum absolute atomic E-state index is 12.0. The monoisotopic (exact) mass is 317 g/mol. The molecule has 1 atom stereocenters. The molecular weight excluding hydrogens is 306 g/mol. The number of sulfonamides is 1. The third-order valence-corrected chi connectivity index (χ3v) is 4.12. The molecule has 6 nitrogen and oxygen atoms in total. The Morgan fingerprint density at radius 1 is 1.60 bits per heavy atom. The summed E-state index contributed by atoms with van der Waals surface area (Å²) in [5.41, 5.74) is 0.